The minimum absolute atomic E-state index is 0.740. The van der Waals surface area contributed by atoms with E-state index in [9.17, 15) is 0 Å². The van der Waals surface area contributed by atoms with Gasteiger partial charge in [0.2, 0.25) is 0 Å². The minimum Gasteiger partial charge on any atom is -0.315 e. The Hall–Kier alpha value is -0.0800. The number of hydrogen-bond acceptors (Lipinski definition) is 2. The third-order valence-electron chi connectivity index (χ3n) is 4.52. The minimum atomic E-state index is 0.740. The van der Waals surface area contributed by atoms with Crippen LogP contribution in [0.3, 0.4) is 0 Å². The van der Waals surface area contributed by atoms with Gasteiger partial charge in [0.15, 0.2) is 0 Å². The lowest BCUT2D eigenvalue weighted by molar-refractivity contribution is 0.111. The predicted octanol–water partition coefficient (Wildman–Crippen LogP) is 2.39. The molecular weight excluding hydrogens is 184 g/mol. The van der Waals surface area contributed by atoms with E-state index in [0.29, 0.717) is 0 Å². The van der Waals surface area contributed by atoms with Gasteiger partial charge in [0.1, 0.15) is 0 Å². The van der Waals surface area contributed by atoms with Gasteiger partial charge in [-0.15, -0.1) is 0 Å². The van der Waals surface area contributed by atoms with Crippen LogP contribution in [0.2, 0.25) is 0 Å². The van der Waals surface area contributed by atoms with Crippen LogP contribution in [0.4, 0.5) is 0 Å². The second-order valence-corrected chi connectivity index (χ2v) is 5.35. The van der Waals surface area contributed by atoms with Gasteiger partial charge in [-0.2, -0.15) is 0 Å². The number of nitrogens with zero attached hydrogens (tertiary/aromatic N) is 1. The van der Waals surface area contributed by atoms with Crippen molar-refractivity contribution >= 4 is 0 Å². The fourth-order valence-corrected chi connectivity index (χ4v) is 3.52. The van der Waals surface area contributed by atoms with Gasteiger partial charge in [-0.25, -0.2) is 0 Å². The van der Waals surface area contributed by atoms with E-state index < -0.39 is 0 Å². The smallest absolute Gasteiger partial charge is 0.0249 e. The molecule has 0 radical (unpaired) electrons. The van der Waals surface area contributed by atoms with Crippen LogP contribution in [0, 0.1) is 0 Å². The number of rotatable bonds is 3. The monoisotopic (exact) mass is 210 g/mol. The Labute approximate surface area is 94.4 Å². The molecule has 0 amide bonds. The summed E-state index contributed by atoms with van der Waals surface area (Å²) in [4.78, 5) is 2.69. The third-order valence-corrected chi connectivity index (χ3v) is 4.52. The van der Waals surface area contributed by atoms with Crippen LogP contribution in [0.1, 0.15) is 51.4 Å². The number of nitrogens with one attached hydrogen (secondary N) is 1. The Balaban J connectivity index is 1.93. The molecule has 2 fully saturated rings. The second kappa shape index (κ2) is 5.31. The van der Waals surface area contributed by atoms with Crippen molar-refractivity contribution in [2.24, 2.45) is 0 Å². The highest BCUT2D eigenvalue weighted by Crippen LogP contribution is 2.29. The highest BCUT2D eigenvalue weighted by Gasteiger charge is 2.31. The van der Waals surface area contributed by atoms with Gasteiger partial charge in [0, 0.05) is 18.1 Å². The summed E-state index contributed by atoms with van der Waals surface area (Å²) in [6, 6.07) is 2.42. The zero-order chi connectivity index (χ0) is 10.7. The Morgan fingerprint density at radius 3 is 2.20 bits per heavy atom. The number of likely N-dealkylation sites (N-methyl/N-ethyl adjacent to an activating group) is 2. The molecule has 0 spiro atoms. The van der Waals surface area contributed by atoms with Crippen LogP contribution < -0.4 is 5.32 Å². The van der Waals surface area contributed by atoms with Gasteiger partial charge in [0.25, 0.3) is 0 Å². The van der Waals surface area contributed by atoms with Crippen LogP contribution in [0.25, 0.3) is 0 Å². The summed E-state index contributed by atoms with van der Waals surface area (Å²) in [6.07, 6.45) is 11.4. The molecule has 2 heteroatoms. The molecule has 0 aromatic carbocycles. The maximum absolute atomic E-state index is 3.52. The molecule has 2 unspecified atom stereocenters. The van der Waals surface area contributed by atoms with Crippen molar-refractivity contribution in [3.8, 4) is 0 Å². The molecule has 2 saturated carbocycles. The molecule has 15 heavy (non-hydrogen) atoms. The summed E-state index contributed by atoms with van der Waals surface area (Å²) < 4.78 is 0. The zero-order valence-electron chi connectivity index (χ0n) is 10.3. The molecule has 0 aliphatic heterocycles. The molecule has 0 saturated heterocycles. The lowest BCUT2D eigenvalue weighted by Crippen LogP contribution is -2.52. The lowest BCUT2D eigenvalue weighted by atomic mass is 9.88. The van der Waals surface area contributed by atoms with Crippen LogP contribution in [-0.2, 0) is 0 Å². The SMILES string of the molecule is CNC1CCCCC1N(C)C1CCCC1. The van der Waals surface area contributed by atoms with E-state index in [1.165, 1.54) is 51.4 Å². The summed E-state index contributed by atoms with van der Waals surface area (Å²) in [5, 5.41) is 3.52. The molecule has 88 valence electrons. The Bertz CT molecular complexity index is 187. The highest BCUT2D eigenvalue weighted by molar-refractivity contribution is 4.90. The standard InChI is InChI=1S/C13H26N2/c1-14-12-9-5-6-10-13(12)15(2)11-7-3-4-8-11/h11-14H,3-10H2,1-2H3. The lowest BCUT2D eigenvalue weighted by Gasteiger charge is -2.41. The van der Waals surface area contributed by atoms with Crippen molar-refractivity contribution in [1.29, 1.82) is 0 Å². The fraction of sp³-hybridized carbons (Fsp3) is 1.00. The van der Waals surface area contributed by atoms with Crippen molar-refractivity contribution in [1.82, 2.24) is 10.2 Å². The summed E-state index contributed by atoms with van der Waals surface area (Å²) >= 11 is 0. The van der Waals surface area contributed by atoms with Gasteiger partial charge in [-0.3, -0.25) is 4.90 Å². The summed E-state index contributed by atoms with van der Waals surface area (Å²) in [5.41, 5.74) is 0. The first-order chi connectivity index (χ1) is 7.33. The largest absolute Gasteiger partial charge is 0.315 e. The van der Waals surface area contributed by atoms with E-state index in [2.05, 4.69) is 24.3 Å². The summed E-state index contributed by atoms with van der Waals surface area (Å²) in [7, 11) is 4.49. The third kappa shape index (κ3) is 2.54. The Morgan fingerprint density at radius 1 is 0.933 bits per heavy atom. The van der Waals surface area contributed by atoms with Crippen molar-refractivity contribution < 1.29 is 0 Å². The van der Waals surface area contributed by atoms with Gasteiger partial charge in [-0.05, 0) is 39.8 Å². The Morgan fingerprint density at radius 2 is 1.53 bits per heavy atom. The van der Waals surface area contributed by atoms with E-state index in [1.54, 1.807) is 0 Å². The molecule has 2 atom stereocenters. The molecule has 0 aromatic rings. The van der Waals surface area contributed by atoms with Gasteiger partial charge in [0.05, 0.1) is 0 Å². The average Bonchev–Trinajstić information content (AvgIpc) is 2.81. The second-order valence-electron chi connectivity index (χ2n) is 5.35. The maximum Gasteiger partial charge on any atom is 0.0249 e. The summed E-state index contributed by atoms with van der Waals surface area (Å²) in [5.74, 6) is 0. The summed E-state index contributed by atoms with van der Waals surface area (Å²) in [6.45, 7) is 0. The average molecular weight is 210 g/mol. The maximum atomic E-state index is 3.52. The van der Waals surface area contributed by atoms with Crippen molar-refractivity contribution in [3.05, 3.63) is 0 Å². The van der Waals surface area contributed by atoms with Gasteiger partial charge in [-0.1, -0.05) is 25.7 Å². The zero-order valence-corrected chi connectivity index (χ0v) is 10.3. The van der Waals surface area contributed by atoms with Gasteiger partial charge >= 0.3 is 0 Å². The normalized spacial score (nSPS) is 33.8. The van der Waals surface area contributed by atoms with Crippen LogP contribution >= 0.6 is 0 Å². The first-order valence-corrected chi connectivity index (χ1v) is 6.72. The van der Waals surface area contributed by atoms with Crippen molar-refractivity contribution in [2.45, 2.75) is 69.5 Å². The van der Waals surface area contributed by atoms with Crippen LogP contribution in [0.15, 0.2) is 0 Å². The quantitative estimate of drug-likeness (QED) is 0.769. The van der Waals surface area contributed by atoms with E-state index >= 15 is 0 Å². The van der Waals surface area contributed by atoms with Gasteiger partial charge < -0.3 is 5.32 Å². The first-order valence-electron chi connectivity index (χ1n) is 6.72. The molecule has 2 nitrogen and oxygen atoms in total. The molecule has 1 N–H and O–H groups in total. The molecule has 2 aliphatic carbocycles. The molecule has 2 rings (SSSR count). The van der Waals surface area contributed by atoms with Crippen LogP contribution in [-0.4, -0.2) is 37.1 Å². The highest BCUT2D eigenvalue weighted by atomic mass is 15.2. The number of hydrogen-bond donors (Lipinski definition) is 1. The topological polar surface area (TPSA) is 15.3 Å². The molecule has 0 heterocycles. The van der Waals surface area contributed by atoms with E-state index in [0.717, 1.165) is 18.1 Å². The molecule has 0 aromatic heterocycles. The van der Waals surface area contributed by atoms with E-state index in [-0.39, 0.29) is 0 Å². The van der Waals surface area contributed by atoms with E-state index in [1.807, 2.05) is 0 Å². The Kier molecular flexibility index (Phi) is 4.04. The van der Waals surface area contributed by atoms with E-state index in [4.69, 9.17) is 0 Å². The van der Waals surface area contributed by atoms with Crippen molar-refractivity contribution in [2.75, 3.05) is 14.1 Å². The van der Waals surface area contributed by atoms with Crippen LogP contribution in [0.5, 0.6) is 0 Å². The van der Waals surface area contributed by atoms with Crippen molar-refractivity contribution in [3.63, 3.8) is 0 Å². The molecular formula is C13H26N2. The first kappa shape index (κ1) is 11.4. The molecule has 2 aliphatic rings. The fourth-order valence-electron chi connectivity index (χ4n) is 3.52. The predicted molar refractivity (Wildman–Crippen MR) is 65.1 cm³/mol. The molecule has 0 bridgehead atoms.